The molecule has 92 valence electrons. The van der Waals surface area contributed by atoms with Crippen molar-refractivity contribution in [3.05, 3.63) is 71.3 Å². The van der Waals surface area contributed by atoms with E-state index < -0.39 is 0 Å². The van der Waals surface area contributed by atoms with E-state index >= 15 is 0 Å². The van der Waals surface area contributed by atoms with Crippen LogP contribution in [0.15, 0.2) is 59.7 Å². The highest BCUT2D eigenvalue weighted by atomic mass is 16.5. The lowest BCUT2D eigenvalue weighted by Gasteiger charge is -2.06. The Labute approximate surface area is 107 Å². The first-order chi connectivity index (χ1) is 8.79. The van der Waals surface area contributed by atoms with Crippen molar-refractivity contribution in [3.63, 3.8) is 0 Å². The maximum absolute atomic E-state index is 8.78. The van der Waals surface area contributed by atoms with Crippen molar-refractivity contribution in [2.75, 3.05) is 0 Å². The predicted molar refractivity (Wildman–Crippen MR) is 72.8 cm³/mol. The number of nitrogens with one attached hydrogen (secondary N) is 1. The van der Waals surface area contributed by atoms with Gasteiger partial charge < -0.3 is 0 Å². The van der Waals surface area contributed by atoms with E-state index in [0.29, 0.717) is 6.42 Å². The van der Waals surface area contributed by atoms with Crippen LogP contribution in [0.4, 0.5) is 0 Å². The van der Waals surface area contributed by atoms with Crippen molar-refractivity contribution >= 4 is 5.71 Å². The zero-order valence-electron chi connectivity index (χ0n) is 10.3. The highest BCUT2D eigenvalue weighted by molar-refractivity contribution is 6.01. The highest BCUT2D eigenvalue weighted by Crippen LogP contribution is 2.09. The number of hydrogen-bond acceptors (Lipinski definition) is 3. The fourth-order valence-electron chi connectivity index (χ4n) is 1.80. The molecule has 18 heavy (non-hydrogen) atoms. The molecule has 0 spiro atoms. The van der Waals surface area contributed by atoms with Crippen molar-refractivity contribution in [1.82, 2.24) is 5.59 Å². The molecular formula is C15H16N2O. The molecule has 2 aromatic carbocycles. The van der Waals surface area contributed by atoms with Gasteiger partial charge in [0.15, 0.2) is 0 Å². The average molecular weight is 240 g/mol. The third kappa shape index (κ3) is 3.18. The maximum Gasteiger partial charge on any atom is 0.0743 e. The van der Waals surface area contributed by atoms with Crippen molar-refractivity contribution in [1.29, 1.82) is 0 Å². The number of benzene rings is 2. The summed E-state index contributed by atoms with van der Waals surface area (Å²) in [4.78, 5) is 0. The van der Waals surface area contributed by atoms with E-state index in [0.717, 1.165) is 11.3 Å². The molecule has 0 unspecified atom stereocenters. The Hall–Kier alpha value is -2.13. The first-order valence-electron chi connectivity index (χ1n) is 5.86. The van der Waals surface area contributed by atoms with Crippen LogP contribution in [0, 0.1) is 6.92 Å². The van der Waals surface area contributed by atoms with E-state index in [4.69, 9.17) is 5.21 Å². The molecule has 0 atom stereocenters. The van der Waals surface area contributed by atoms with E-state index in [9.17, 15) is 0 Å². The van der Waals surface area contributed by atoms with Gasteiger partial charge in [-0.1, -0.05) is 60.2 Å². The van der Waals surface area contributed by atoms with Gasteiger partial charge >= 0.3 is 0 Å². The minimum absolute atomic E-state index is 0.678. The Kier molecular flexibility index (Phi) is 4.10. The molecule has 0 aliphatic heterocycles. The van der Waals surface area contributed by atoms with Crippen molar-refractivity contribution in [3.8, 4) is 0 Å². The second-order valence-corrected chi connectivity index (χ2v) is 4.19. The first-order valence-corrected chi connectivity index (χ1v) is 5.86. The molecule has 0 bridgehead atoms. The number of hydrogen-bond donors (Lipinski definition) is 2. The van der Waals surface area contributed by atoms with Gasteiger partial charge in [-0.05, 0) is 18.1 Å². The van der Waals surface area contributed by atoms with Crippen LogP contribution in [0.1, 0.15) is 16.7 Å². The van der Waals surface area contributed by atoms with E-state index in [2.05, 4.69) is 36.3 Å². The predicted octanol–water partition coefficient (Wildman–Crippen LogP) is 2.92. The lowest BCUT2D eigenvalue weighted by molar-refractivity contribution is 0.172. The number of hydrazone groups is 1. The van der Waals surface area contributed by atoms with Gasteiger partial charge in [0.2, 0.25) is 0 Å². The first kappa shape index (κ1) is 12.3. The number of rotatable bonds is 4. The van der Waals surface area contributed by atoms with Gasteiger partial charge in [0.25, 0.3) is 0 Å². The van der Waals surface area contributed by atoms with Crippen LogP contribution in [0.2, 0.25) is 0 Å². The third-order valence-electron chi connectivity index (χ3n) is 2.78. The van der Waals surface area contributed by atoms with Crippen LogP contribution in [0.3, 0.4) is 0 Å². The van der Waals surface area contributed by atoms with E-state index in [1.165, 1.54) is 11.1 Å². The van der Waals surface area contributed by atoms with E-state index in [-0.39, 0.29) is 0 Å². The molecule has 2 N–H and O–H groups in total. The molecule has 0 saturated carbocycles. The molecule has 0 aliphatic rings. The number of aryl methyl sites for hydroxylation is 1. The molecule has 0 aliphatic carbocycles. The zero-order valence-corrected chi connectivity index (χ0v) is 10.3. The molecular weight excluding hydrogens is 224 g/mol. The van der Waals surface area contributed by atoms with Gasteiger partial charge in [0, 0.05) is 6.42 Å². The van der Waals surface area contributed by atoms with Crippen molar-refractivity contribution < 1.29 is 5.21 Å². The SMILES string of the molecule is Cc1ccc(CC(=NNO)c2ccccc2)cc1. The molecule has 0 aromatic heterocycles. The Morgan fingerprint density at radius 2 is 1.72 bits per heavy atom. The van der Waals surface area contributed by atoms with Crippen LogP contribution in [0.25, 0.3) is 0 Å². The Morgan fingerprint density at radius 1 is 1.06 bits per heavy atom. The molecule has 3 heteroatoms. The molecule has 0 heterocycles. The monoisotopic (exact) mass is 240 g/mol. The quantitative estimate of drug-likeness (QED) is 0.637. The van der Waals surface area contributed by atoms with Crippen molar-refractivity contribution in [2.45, 2.75) is 13.3 Å². The summed E-state index contributed by atoms with van der Waals surface area (Å²) in [5, 5.41) is 12.7. The van der Waals surface area contributed by atoms with Crippen LogP contribution in [-0.4, -0.2) is 10.9 Å². The van der Waals surface area contributed by atoms with Gasteiger partial charge in [0.05, 0.1) is 5.71 Å². The van der Waals surface area contributed by atoms with Gasteiger partial charge in [-0.2, -0.15) is 10.7 Å². The normalized spacial score (nSPS) is 11.3. The summed E-state index contributed by atoms with van der Waals surface area (Å²) in [7, 11) is 0. The van der Waals surface area contributed by atoms with Gasteiger partial charge in [0.1, 0.15) is 0 Å². The second kappa shape index (κ2) is 5.98. The standard InChI is InChI=1S/C15H16N2O/c1-12-7-9-13(10-8-12)11-15(16-17-18)14-5-3-2-4-6-14/h2-10,17-18H,11H2,1H3. The van der Waals surface area contributed by atoms with Crippen LogP contribution < -0.4 is 5.59 Å². The summed E-state index contributed by atoms with van der Waals surface area (Å²) in [5.74, 6) is 0. The lowest BCUT2D eigenvalue weighted by atomic mass is 10.0. The smallest absolute Gasteiger partial charge is 0.0743 e. The Morgan fingerprint density at radius 3 is 2.33 bits per heavy atom. The molecule has 0 radical (unpaired) electrons. The molecule has 0 saturated heterocycles. The summed E-state index contributed by atoms with van der Waals surface area (Å²) >= 11 is 0. The second-order valence-electron chi connectivity index (χ2n) is 4.19. The Balaban J connectivity index is 2.22. The minimum Gasteiger partial charge on any atom is -0.274 e. The van der Waals surface area contributed by atoms with Gasteiger partial charge in [-0.3, -0.25) is 5.21 Å². The molecule has 0 amide bonds. The summed E-state index contributed by atoms with van der Waals surface area (Å²) in [6.45, 7) is 2.06. The summed E-state index contributed by atoms with van der Waals surface area (Å²) < 4.78 is 0. The fourth-order valence-corrected chi connectivity index (χ4v) is 1.80. The topological polar surface area (TPSA) is 44.6 Å². The summed E-state index contributed by atoms with van der Waals surface area (Å²) in [5.41, 5.74) is 6.09. The van der Waals surface area contributed by atoms with Crippen LogP contribution >= 0.6 is 0 Å². The summed E-state index contributed by atoms with van der Waals surface area (Å²) in [6.07, 6.45) is 0.678. The number of nitrogens with zero attached hydrogens (tertiary/aromatic N) is 1. The van der Waals surface area contributed by atoms with Crippen LogP contribution in [-0.2, 0) is 6.42 Å². The third-order valence-corrected chi connectivity index (χ3v) is 2.78. The van der Waals surface area contributed by atoms with E-state index in [1.54, 1.807) is 0 Å². The molecule has 2 rings (SSSR count). The average Bonchev–Trinajstić information content (AvgIpc) is 2.42. The molecule has 3 nitrogen and oxygen atoms in total. The minimum atomic E-state index is 0.678. The van der Waals surface area contributed by atoms with Gasteiger partial charge in [-0.25, -0.2) is 0 Å². The zero-order chi connectivity index (χ0) is 12.8. The summed E-state index contributed by atoms with van der Waals surface area (Å²) in [6, 6.07) is 18.1. The van der Waals surface area contributed by atoms with Crippen molar-refractivity contribution in [2.24, 2.45) is 5.10 Å². The van der Waals surface area contributed by atoms with E-state index in [1.807, 2.05) is 35.9 Å². The molecule has 2 aromatic rings. The highest BCUT2D eigenvalue weighted by Gasteiger charge is 2.04. The largest absolute Gasteiger partial charge is 0.274 e. The fraction of sp³-hybridized carbons (Fsp3) is 0.133. The van der Waals surface area contributed by atoms with Gasteiger partial charge in [-0.15, -0.1) is 0 Å². The maximum atomic E-state index is 8.78. The molecule has 0 fully saturated rings. The Bertz CT molecular complexity index is 518. The van der Waals surface area contributed by atoms with Crippen LogP contribution in [0.5, 0.6) is 0 Å². The lowest BCUT2D eigenvalue weighted by Crippen LogP contribution is -2.10.